The van der Waals surface area contributed by atoms with Crippen LogP contribution in [0.15, 0.2) is 53.1 Å². The first-order valence-electron chi connectivity index (χ1n) is 9.56. The number of amides is 1. The predicted molar refractivity (Wildman–Crippen MR) is 110 cm³/mol. The van der Waals surface area contributed by atoms with E-state index in [0.29, 0.717) is 31.2 Å². The van der Waals surface area contributed by atoms with Crippen LogP contribution in [-0.2, 0) is 11.3 Å². The van der Waals surface area contributed by atoms with Gasteiger partial charge in [-0.25, -0.2) is 0 Å². The van der Waals surface area contributed by atoms with E-state index >= 15 is 0 Å². The number of anilines is 1. The van der Waals surface area contributed by atoms with E-state index in [-0.39, 0.29) is 11.8 Å². The number of carbonyl (C=O) groups is 1. The molecule has 1 aliphatic heterocycles. The molecule has 1 aliphatic rings. The first-order chi connectivity index (χ1) is 14.0. The van der Waals surface area contributed by atoms with Gasteiger partial charge in [-0.3, -0.25) is 4.79 Å². The third-order valence-electron chi connectivity index (χ3n) is 5.18. The predicted octanol–water partition coefficient (Wildman–Crippen LogP) is 3.33. The molecule has 0 saturated carbocycles. The van der Waals surface area contributed by atoms with Gasteiger partial charge in [0.25, 0.3) is 5.89 Å². The Bertz CT molecular complexity index is 1010. The lowest BCUT2D eigenvalue weighted by molar-refractivity contribution is -0.128. The molecule has 0 spiro atoms. The van der Waals surface area contributed by atoms with E-state index in [2.05, 4.69) is 10.1 Å². The van der Waals surface area contributed by atoms with Crippen LogP contribution in [-0.4, -0.2) is 48.7 Å². The van der Waals surface area contributed by atoms with Crippen LogP contribution in [0.2, 0.25) is 0 Å². The Hall–Kier alpha value is -3.35. The zero-order valence-corrected chi connectivity index (χ0v) is 16.8. The maximum atomic E-state index is 12.6. The quantitative estimate of drug-likeness (QED) is 0.641. The molecule has 1 saturated heterocycles. The monoisotopic (exact) mass is 392 g/mol. The van der Waals surface area contributed by atoms with Crippen molar-refractivity contribution in [1.82, 2.24) is 15.0 Å². The molecule has 2 heterocycles. The van der Waals surface area contributed by atoms with Crippen molar-refractivity contribution in [2.75, 3.05) is 32.6 Å². The molecule has 150 valence electrons. The van der Waals surface area contributed by atoms with Crippen LogP contribution in [0.25, 0.3) is 11.5 Å². The molecule has 1 atom stereocenters. The molecule has 0 N–H and O–H groups in total. The molecule has 2 aromatic carbocycles. The van der Waals surface area contributed by atoms with Gasteiger partial charge in [0.15, 0.2) is 5.82 Å². The lowest BCUT2D eigenvalue weighted by Gasteiger charge is -2.17. The Morgan fingerprint density at radius 1 is 1.21 bits per heavy atom. The first kappa shape index (κ1) is 19.0. The lowest BCUT2D eigenvalue weighted by atomic mass is 10.1. The molecule has 29 heavy (non-hydrogen) atoms. The maximum Gasteiger partial charge on any atom is 0.258 e. The zero-order valence-electron chi connectivity index (χ0n) is 16.8. The van der Waals surface area contributed by atoms with Crippen LogP contribution in [0.1, 0.15) is 23.7 Å². The highest BCUT2D eigenvalue weighted by molar-refractivity contribution is 5.79. The standard InChI is InChI=1S/C22H24N4O3/c1-25(2)18-9-6-8-15(11-18)22-23-21(24-29-22)17-12-20(27)26(14-17)13-16-7-4-5-10-19(16)28-3/h4-11,17H,12-14H2,1-3H3/t17-/m1/s1. The molecule has 4 rings (SSSR count). The van der Waals surface area contributed by atoms with Gasteiger partial charge in [0.1, 0.15) is 5.75 Å². The van der Waals surface area contributed by atoms with Crippen molar-refractivity contribution in [2.45, 2.75) is 18.9 Å². The summed E-state index contributed by atoms with van der Waals surface area (Å²) in [4.78, 5) is 21.0. The maximum absolute atomic E-state index is 12.6. The molecule has 3 aromatic rings. The molecule has 0 bridgehead atoms. The molecular weight excluding hydrogens is 368 g/mol. The number of rotatable bonds is 6. The van der Waals surface area contributed by atoms with Gasteiger partial charge in [-0.15, -0.1) is 0 Å². The van der Waals surface area contributed by atoms with Crippen LogP contribution in [0.3, 0.4) is 0 Å². The average Bonchev–Trinajstić information content (AvgIpc) is 3.36. The van der Waals surface area contributed by atoms with Crippen molar-refractivity contribution in [3.05, 3.63) is 59.9 Å². The summed E-state index contributed by atoms with van der Waals surface area (Å²) in [6.07, 6.45) is 0.381. The number of para-hydroxylation sites is 1. The molecule has 7 nitrogen and oxygen atoms in total. The first-order valence-corrected chi connectivity index (χ1v) is 9.56. The SMILES string of the molecule is COc1ccccc1CN1C[C@H](c2noc(-c3cccc(N(C)C)c3)n2)CC1=O. The van der Waals surface area contributed by atoms with Crippen LogP contribution in [0.4, 0.5) is 5.69 Å². The van der Waals surface area contributed by atoms with Crippen LogP contribution >= 0.6 is 0 Å². The van der Waals surface area contributed by atoms with Crippen molar-refractivity contribution in [1.29, 1.82) is 0 Å². The van der Waals surface area contributed by atoms with Crippen molar-refractivity contribution in [3.8, 4) is 17.2 Å². The number of nitrogens with zero attached hydrogens (tertiary/aromatic N) is 4. The topological polar surface area (TPSA) is 71.7 Å². The second-order valence-corrected chi connectivity index (χ2v) is 7.39. The van der Waals surface area contributed by atoms with Crippen molar-refractivity contribution >= 4 is 11.6 Å². The van der Waals surface area contributed by atoms with Crippen LogP contribution < -0.4 is 9.64 Å². The summed E-state index contributed by atoms with van der Waals surface area (Å²) in [6.45, 7) is 1.07. The Morgan fingerprint density at radius 3 is 2.83 bits per heavy atom. The van der Waals surface area contributed by atoms with E-state index in [1.807, 2.05) is 72.4 Å². The van der Waals surface area contributed by atoms with Gasteiger partial charge in [0.2, 0.25) is 5.91 Å². The van der Waals surface area contributed by atoms with Crippen molar-refractivity contribution in [2.24, 2.45) is 0 Å². The van der Waals surface area contributed by atoms with E-state index in [4.69, 9.17) is 9.26 Å². The number of hydrogen-bond acceptors (Lipinski definition) is 6. The minimum absolute atomic E-state index is 0.0771. The fourth-order valence-electron chi connectivity index (χ4n) is 3.57. The molecule has 7 heteroatoms. The van der Waals surface area contributed by atoms with E-state index in [1.54, 1.807) is 7.11 Å². The number of ether oxygens (including phenoxy) is 1. The number of methoxy groups -OCH3 is 1. The highest BCUT2D eigenvalue weighted by Gasteiger charge is 2.34. The number of hydrogen-bond donors (Lipinski definition) is 0. The summed E-state index contributed by atoms with van der Waals surface area (Å²) in [5, 5.41) is 4.16. The number of aromatic nitrogens is 2. The summed E-state index contributed by atoms with van der Waals surface area (Å²) < 4.78 is 10.9. The average molecular weight is 392 g/mol. The third kappa shape index (κ3) is 3.94. The van der Waals surface area contributed by atoms with Crippen LogP contribution in [0.5, 0.6) is 5.75 Å². The molecule has 1 amide bonds. The summed E-state index contributed by atoms with van der Waals surface area (Å²) in [5.41, 5.74) is 2.91. The van der Waals surface area contributed by atoms with E-state index in [9.17, 15) is 4.79 Å². The highest BCUT2D eigenvalue weighted by Crippen LogP contribution is 2.31. The number of benzene rings is 2. The van der Waals surface area contributed by atoms with Gasteiger partial charge in [0, 0.05) is 56.3 Å². The molecule has 0 unspecified atom stereocenters. The summed E-state index contributed by atoms with van der Waals surface area (Å²) in [6, 6.07) is 15.7. The van der Waals surface area contributed by atoms with Gasteiger partial charge >= 0.3 is 0 Å². The van der Waals surface area contributed by atoms with Crippen LogP contribution in [0, 0.1) is 0 Å². The van der Waals surface area contributed by atoms with Gasteiger partial charge in [0.05, 0.1) is 7.11 Å². The van der Waals surface area contributed by atoms with Gasteiger partial charge in [-0.1, -0.05) is 29.4 Å². The molecule has 0 radical (unpaired) electrons. The molecular formula is C22H24N4O3. The highest BCUT2D eigenvalue weighted by atomic mass is 16.5. The Kier molecular flexibility index (Phi) is 5.20. The van der Waals surface area contributed by atoms with E-state index in [1.165, 1.54) is 0 Å². The number of likely N-dealkylation sites (tertiary alicyclic amines) is 1. The van der Waals surface area contributed by atoms with E-state index in [0.717, 1.165) is 22.6 Å². The van der Waals surface area contributed by atoms with Crippen molar-refractivity contribution in [3.63, 3.8) is 0 Å². The lowest BCUT2D eigenvalue weighted by Crippen LogP contribution is -2.24. The Labute approximate surface area is 169 Å². The Morgan fingerprint density at radius 2 is 2.03 bits per heavy atom. The molecule has 1 aromatic heterocycles. The minimum atomic E-state index is -0.0771. The fraction of sp³-hybridized carbons (Fsp3) is 0.318. The summed E-state index contributed by atoms with van der Waals surface area (Å²) >= 11 is 0. The van der Waals surface area contributed by atoms with Gasteiger partial charge in [-0.2, -0.15) is 4.98 Å². The summed E-state index contributed by atoms with van der Waals surface area (Å²) in [7, 11) is 5.61. The second-order valence-electron chi connectivity index (χ2n) is 7.39. The third-order valence-corrected chi connectivity index (χ3v) is 5.18. The largest absolute Gasteiger partial charge is 0.496 e. The summed E-state index contributed by atoms with van der Waals surface area (Å²) in [5.74, 6) is 1.84. The van der Waals surface area contributed by atoms with E-state index < -0.39 is 0 Å². The molecule has 0 aliphatic carbocycles. The van der Waals surface area contributed by atoms with Gasteiger partial charge < -0.3 is 19.1 Å². The normalized spacial score (nSPS) is 16.3. The Balaban J connectivity index is 1.49. The fourth-order valence-corrected chi connectivity index (χ4v) is 3.57. The second kappa shape index (κ2) is 7.95. The van der Waals surface area contributed by atoms with Gasteiger partial charge in [-0.05, 0) is 24.3 Å². The number of carbonyl (C=O) groups excluding carboxylic acids is 1. The van der Waals surface area contributed by atoms with Crippen molar-refractivity contribution < 1.29 is 14.1 Å². The molecule has 1 fully saturated rings. The minimum Gasteiger partial charge on any atom is -0.496 e. The zero-order chi connectivity index (χ0) is 20.4. The smallest absolute Gasteiger partial charge is 0.258 e.